The van der Waals surface area contributed by atoms with Crippen LogP contribution in [0.4, 0.5) is 5.82 Å². The quantitative estimate of drug-likeness (QED) is 0.898. The summed E-state index contributed by atoms with van der Waals surface area (Å²) in [5.74, 6) is 1.63. The molecule has 0 bridgehead atoms. The Labute approximate surface area is 142 Å². The van der Waals surface area contributed by atoms with Crippen LogP contribution in [0.2, 0.25) is 0 Å². The first-order chi connectivity index (χ1) is 11.5. The number of hydrogen-bond donors (Lipinski definition) is 1. The van der Waals surface area contributed by atoms with Gasteiger partial charge < -0.3 is 9.64 Å². The fraction of sp³-hybridized carbons (Fsp3) is 0.353. The molecule has 0 aliphatic carbocycles. The highest BCUT2D eigenvalue weighted by atomic mass is 32.2. The van der Waals surface area contributed by atoms with Crippen LogP contribution in [0.25, 0.3) is 0 Å². The molecule has 0 radical (unpaired) electrons. The zero-order valence-corrected chi connectivity index (χ0v) is 14.4. The van der Waals surface area contributed by atoms with Gasteiger partial charge in [-0.15, -0.1) is 0 Å². The lowest BCUT2D eigenvalue weighted by atomic mass is 10.0. The maximum atomic E-state index is 11.3. The summed E-state index contributed by atoms with van der Waals surface area (Å²) in [4.78, 5) is 6.52. The molecule has 2 N–H and O–H groups in total. The van der Waals surface area contributed by atoms with Gasteiger partial charge in [-0.2, -0.15) is 0 Å². The molecule has 2 aromatic rings. The Hall–Kier alpha value is -2.12. The minimum absolute atomic E-state index is 0.0306. The van der Waals surface area contributed by atoms with Crippen LogP contribution in [0.1, 0.15) is 31.4 Å². The van der Waals surface area contributed by atoms with E-state index >= 15 is 0 Å². The number of primary sulfonamides is 1. The predicted octanol–water partition coefficient (Wildman–Crippen LogP) is 2.47. The van der Waals surface area contributed by atoms with Crippen molar-refractivity contribution < 1.29 is 13.2 Å². The first-order valence-corrected chi connectivity index (χ1v) is 9.52. The van der Waals surface area contributed by atoms with Gasteiger partial charge in [-0.25, -0.2) is 18.5 Å². The van der Waals surface area contributed by atoms with E-state index in [1.165, 1.54) is 17.8 Å². The fourth-order valence-electron chi connectivity index (χ4n) is 3.05. The Morgan fingerprint density at radius 2 is 2.00 bits per heavy atom. The second kappa shape index (κ2) is 6.78. The molecule has 0 saturated carbocycles. The number of hydrogen-bond acceptors (Lipinski definition) is 5. The molecule has 7 heteroatoms. The van der Waals surface area contributed by atoms with Gasteiger partial charge in [0.1, 0.15) is 16.5 Å². The van der Waals surface area contributed by atoms with Gasteiger partial charge in [0.2, 0.25) is 10.0 Å². The molecule has 0 unspecified atom stereocenters. The van der Waals surface area contributed by atoms with Crippen molar-refractivity contribution in [3.05, 3.63) is 48.2 Å². The minimum atomic E-state index is -3.71. The van der Waals surface area contributed by atoms with Gasteiger partial charge in [0, 0.05) is 12.7 Å². The third-order valence-corrected chi connectivity index (χ3v) is 5.07. The highest BCUT2D eigenvalue weighted by Gasteiger charge is 2.27. The summed E-state index contributed by atoms with van der Waals surface area (Å²) in [6.45, 7) is 3.50. The molecule has 1 atom stereocenters. The molecule has 1 aromatic carbocycles. The van der Waals surface area contributed by atoms with Gasteiger partial charge in [-0.3, -0.25) is 0 Å². The minimum Gasteiger partial charge on any atom is -0.494 e. The van der Waals surface area contributed by atoms with Crippen molar-refractivity contribution in [1.29, 1.82) is 0 Å². The van der Waals surface area contributed by atoms with Crippen molar-refractivity contribution in [2.24, 2.45) is 5.14 Å². The van der Waals surface area contributed by atoms with E-state index in [-0.39, 0.29) is 10.9 Å². The van der Waals surface area contributed by atoms with E-state index in [9.17, 15) is 8.42 Å². The average Bonchev–Trinajstić information content (AvgIpc) is 3.05. The first-order valence-electron chi connectivity index (χ1n) is 7.97. The van der Waals surface area contributed by atoms with Crippen LogP contribution in [-0.4, -0.2) is 26.6 Å². The Bertz CT molecular complexity index is 789. The lowest BCUT2D eigenvalue weighted by Crippen LogP contribution is -2.23. The second-order valence-electron chi connectivity index (χ2n) is 5.75. The van der Waals surface area contributed by atoms with Gasteiger partial charge in [-0.1, -0.05) is 12.1 Å². The van der Waals surface area contributed by atoms with E-state index in [1.54, 1.807) is 6.07 Å². The summed E-state index contributed by atoms with van der Waals surface area (Å²) >= 11 is 0. The number of nitrogens with two attached hydrogens (primary N) is 1. The molecule has 128 valence electrons. The molecule has 3 rings (SSSR count). The lowest BCUT2D eigenvalue weighted by Gasteiger charge is -2.26. The van der Waals surface area contributed by atoms with E-state index in [4.69, 9.17) is 9.88 Å². The summed E-state index contributed by atoms with van der Waals surface area (Å²) < 4.78 is 28.2. The van der Waals surface area contributed by atoms with Crippen LogP contribution in [0.15, 0.2) is 47.5 Å². The summed E-state index contributed by atoms with van der Waals surface area (Å²) in [6, 6.07) is 11.6. The topological polar surface area (TPSA) is 85.5 Å². The summed E-state index contributed by atoms with van der Waals surface area (Å²) in [7, 11) is -3.71. The van der Waals surface area contributed by atoms with Crippen molar-refractivity contribution >= 4 is 15.8 Å². The highest BCUT2D eigenvalue weighted by Crippen LogP contribution is 2.35. The Morgan fingerprint density at radius 1 is 1.25 bits per heavy atom. The van der Waals surface area contributed by atoms with Crippen molar-refractivity contribution in [2.45, 2.75) is 30.7 Å². The fourth-order valence-corrected chi connectivity index (χ4v) is 3.51. The Kier molecular flexibility index (Phi) is 4.73. The zero-order chi connectivity index (χ0) is 17.2. The Morgan fingerprint density at radius 3 is 2.58 bits per heavy atom. The number of anilines is 1. The van der Waals surface area contributed by atoms with Crippen LogP contribution < -0.4 is 14.8 Å². The standard InChI is InChI=1S/C17H21N3O3S/c1-2-23-14-7-5-13(6-8-14)16-4-3-11-20(16)17-10-9-15(12-19-17)24(18,21)22/h5-10,12,16H,2-4,11H2,1H3,(H2,18,21,22)/t16-/m1/s1. The largest absolute Gasteiger partial charge is 0.494 e. The van der Waals surface area contributed by atoms with Crippen molar-refractivity contribution in [3.8, 4) is 5.75 Å². The number of benzene rings is 1. The third-order valence-electron chi connectivity index (χ3n) is 4.17. The molecule has 6 nitrogen and oxygen atoms in total. The van der Waals surface area contributed by atoms with Crippen LogP contribution >= 0.6 is 0 Å². The van der Waals surface area contributed by atoms with E-state index in [0.29, 0.717) is 6.61 Å². The molecule has 1 saturated heterocycles. The number of nitrogens with zero attached hydrogens (tertiary/aromatic N) is 2. The molecule has 2 heterocycles. The number of pyridine rings is 1. The molecule has 0 spiro atoms. The zero-order valence-electron chi connectivity index (χ0n) is 13.6. The normalized spacial score (nSPS) is 17.9. The highest BCUT2D eigenvalue weighted by molar-refractivity contribution is 7.89. The molecular weight excluding hydrogens is 326 g/mol. The van der Waals surface area contributed by atoms with Gasteiger partial charge in [0.15, 0.2) is 0 Å². The van der Waals surface area contributed by atoms with Crippen LogP contribution in [0, 0.1) is 0 Å². The number of aromatic nitrogens is 1. The number of sulfonamides is 1. The molecule has 1 fully saturated rings. The van der Waals surface area contributed by atoms with Crippen LogP contribution in [0.3, 0.4) is 0 Å². The average molecular weight is 347 g/mol. The van der Waals surface area contributed by atoms with E-state index < -0.39 is 10.0 Å². The van der Waals surface area contributed by atoms with E-state index in [1.807, 2.05) is 19.1 Å². The molecule has 1 aliphatic heterocycles. The van der Waals surface area contributed by atoms with E-state index in [0.717, 1.165) is 31.0 Å². The van der Waals surface area contributed by atoms with E-state index in [2.05, 4.69) is 22.0 Å². The monoisotopic (exact) mass is 347 g/mol. The molecule has 1 aromatic heterocycles. The van der Waals surface area contributed by atoms with Gasteiger partial charge in [-0.05, 0) is 49.6 Å². The maximum Gasteiger partial charge on any atom is 0.239 e. The Balaban J connectivity index is 1.82. The summed E-state index contributed by atoms with van der Waals surface area (Å²) in [6.07, 6.45) is 3.42. The first kappa shape index (κ1) is 16.7. The molecule has 1 aliphatic rings. The SMILES string of the molecule is CCOc1ccc([C@H]2CCCN2c2ccc(S(N)(=O)=O)cn2)cc1. The van der Waals surface area contributed by atoms with Gasteiger partial charge >= 0.3 is 0 Å². The summed E-state index contributed by atoms with van der Waals surface area (Å²) in [5, 5.41) is 5.12. The van der Waals surface area contributed by atoms with Crippen molar-refractivity contribution in [2.75, 3.05) is 18.1 Å². The maximum absolute atomic E-state index is 11.3. The smallest absolute Gasteiger partial charge is 0.239 e. The van der Waals surface area contributed by atoms with Gasteiger partial charge in [0.05, 0.1) is 12.6 Å². The summed E-state index contributed by atoms with van der Waals surface area (Å²) in [5.41, 5.74) is 1.20. The lowest BCUT2D eigenvalue weighted by molar-refractivity contribution is 0.340. The molecule has 0 amide bonds. The molecule has 24 heavy (non-hydrogen) atoms. The van der Waals surface area contributed by atoms with Crippen LogP contribution in [0.5, 0.6) is 5.75 Å². The van der Waals surface area contributed by atoms with Crippen molar-refractivity contribution in [1.82, 2.24) is 4.98 Å². The second-order valence-corrected chi connectivity index (χ2v) is 7.31. The number of ether oxygens (including phenoxy) is 1. The van der Waals surface area contributed by atoms with Crippen molar-refractivity contribution in [3.63, 3.8) is 0 Å². The number of rotatable bonds is 5. The third kappa shape index (κ3) is 3.52. The van der Waals surface area contributed by atoms with Gasteiger partial charge in [0.25, 0.3) is 0 Å². The predicted molar refractivity (Wildman–Crippen MR) is 92.5 cm³/mol. The van der Waals surface area contributed by atoms with Crippen LogP contribution in [-0.2, 0) is 10.0 Å². The molecular formula is C17H21N3O3S.